The highest BCUT2D eigenvalue weighted by Crippen LogP contribution is 2.21. The van der Waals surface area contributed by atoms with E-state index in [-0.39, 0.29) is 6.03 Å². The smallest absolute Gasteiger partial charge is 0.315 e. The molecule has 0 aliphatic heterocycles. The van der Waals surface area contributed by atoms with Gasteiger partial charge < -0.3 is 15.4 Å². The number of halogens is 1. The molecule has 2 aromatic rings. The monoisotopic (exact) mass is 332 g/mol. The lowest BCUT2D eigenvalue weighted by Gasteiger charge is -2.11. The molecule has 0 fully saturated rings. The number of benzene rings is 2. The Balaban J connectivity index is 1.66. The van der Waals surface area contributed by atoms with Gasteiger partial charge in [-0.15, -0.1) is 0 Å². The van der Waals surface area contributed by atoms with Crippen molar-refractivity contribution in [1.29, 1.82) is 0 Å². The van der Waals surface area contributed by atoms with Gasteiger partial charge in [0.05, 0.1) is 6.54 Å². The largest absolute Gasteiger partial charge is 0.491 e. The molecule has 0 aliphatic carbocycles. The van der Waals surface area contributed by atoms with Crippen molar-refractivity contribution in [1.82, 2.24) is 10.6 Å². The maximum Gasteiger partial charge on any atom is 0.315 e. The lowest BCUT2D eigenvalue weighted by atomic mass is 10.1. The van der Waals surface area contributed by atoms with E-state index in [4.69, 9.17) is 16.3 Å². The Bertz CT molecular complexity index is 674. The molecule has 0 aliphatic rings. The zero-order valence-electron chi connectivity index (χ0n) is 13.4. The molecule has 0 spiro atoms. The summed E-state index contributed by atoms with van der Waals surface area (Å²) in [6, 6.07) is 13.3. The highest BCUT2D eigenvalue weighted by molar-refractivity contribution is 6.30. The summed E-state index contributed by atoms with van der Waals surface area (Å²) in [4.78, 5) is 11.7. The number of amides is 2. The molecule has 2 amide bonds. The molecule has 0 heterocycles. The van der Waals surface area contributed by atoms with Crippen molar-refractivity contribution < 1.29 is 9.53 Å². The Labute approximate surface area is 141 Å². The molecule has 23 heavy (non-hydrogen) atoms. The highest BCUT2D eigenvalue weighted by Gasteiger charge is 2.02. The van der Waals surface area contributed by atoms with Crippen molar-refractivity contribution in [2.75, 3.05) is 13.2 Å². The number of nitrogens with one attached hydrogen (secondary N) is 2. The van der Waals surface area contributed by atoms with Gasteiger partial charge in [0.15, 0.2) is 0 Å². The van der Waals surface area contributed by atoms with Gasteiger partial charge in [0.25, 0.3) is 0 Å². The minimum absolute atomic E-state index is 0.206. The van der Waals surface area contributed by atoms with Crippen LogP contribution in [0.15, 0.2) is 42.5 Å². The zero-order chi connectivity index (χ0) is 16.7. The van der Waals surface area contributed by atoms with E-state index in [0.29, 0.717) is 24.7 Å². The van der Waals surface area contributed by atoms with Gasteiger partial charge in [0.1, 0.15) is 12.4 Å². The van der Waals surface area contributed by atoms with Gasteiger partial charge >= 0.3 is 6.03 Å². The van der Waals surface area contributed by atoms with Gasteiger partial charge in [-0.05, 0) is 43.2 Å². The lowest BCUT2D eigenvalue weighted by Crippen LogP contribution is -2.37. The van der Waals surface area contributed by atoms with Crippen LogP contribution < -0.4 is 15.4 Å². The van der Waals surface area contributed by atoms with Gasteiger partial charge in [-0.1, -0.05) is 41.4 Å². The number of ether oxygens (including phenoxy) is 1. The van der Waals surface area contributed by atoms with Crippen molar-refractivity contribution in [3.8, 4) is 5.75 Å². The van der Waals surface area contributed by atoms with E-state index in [0.717, 1.165) is 16.9 Å². The molecule has 5 heteroatoms. The zero-order valence-corrected chi connectivity index (χ0v) is 14.1. The third-order valence-electron chi connectivity index (χ3n) is 3.32. The number of aryl methyl sites for hydroxylation is 2. The second-order valence-electron chi connectivity index (χ2n) is 5.36. The second kappa shape index (κ2) is 8.44. The minimum atomic E-state index is -0.206. The van der Waals surface area contributed by atoms with Crippen LogP contribution in [0, 0.1) is 13.8 Å². The van der Waals surface area contributed by atoms with Crippen molar-refractivity contribution in [2.45, 2.75) is 20.4 Å². The molecule has 2 rings (SSSR count). The molecular weight excluding hydrogens is 312 g/mol. The van der Waals surface area contributed by atoms with E-state index in [9.17, 15) is 4.79 Å². The Hall–Kier alpha value is -2.20. The second-order valence-corrected chi connectivity index (χ2v) is 5.79. The molecule has 0 unspecified atom stereocenters. The highest BCUT2D eigenvalue weighted by atomic mass is 35.5. The summed E-state index contributed by atoms with van der Waals surface area (Å²) < 4.78 is 5.62. The first-order chi connectivity index (χ1) is 11.0. The Morgan fingerprint density at radius 2 is 1.96 bits per heavy atom. The molecule has 0 bridgehead atoms. The van der Waals surface area contributed by atoms with E-state index < -0.39 is 0 Å². The van der Waals surface area contributed by atoms with Crippen molar-refractivity contribution >= 4 is 17.6 Å². The molecule has 0 saturated carbocycles. The fourth-order valence-electron chi connectivity index (χ4n) is 2.17. The molecule has 2 N–H and O–H groups in total. The fraction of sp³-hybridized carbons (Fsp3) is 0.278. The molecular formula is C18H21ClN2O2. The summed E-state index contributed by atoms with van der Waals surface area (Å²) in [6.45, 7) is 5.30. The number of hydrogen-bond donors (Lipinski definition) is 2. The van der Waals surface area contributed by atoms with Crippen LogP contribution in [0.4, 0.5) is 4.79 Å². The minimum Gasteiger partial charge on any atom is -0.491 e. The van der Waals surface area contributed by atoms with Crippen LogP contribution >= 0.6 is 11.6 Å². The summed E-state index contributed by atoms with van der Waals surface area (Å²) in [5, 5.41) is 6.27. The Morgan fingerprint density at radius 3 is 2.70 bits per heavy atom. The first-order valence-corrected chi connectivity index (χ1v) is 7.88. The first-order valence-electron chi connectivity index (χ1n) is 7.51. The summed E-state index contributed by atoms with van der Waals surface area (Å²) in [5.41, 5.74) is 3.23. The Kier molecular flexibility index (Phi) is 6.29. The molecule has 0 radical (unpaired) electrons. The predicted octanol–water partition coefficient (Wildman–Crippen LogP) is 3.84. The van der Waals surface area contributed by atoms with Crippen LogP contribution in [-0.2, 0) is 6.54 Å². The van der Waals surface area contributed by atoms with Gasteiger partial charge in [-0.3, -0.25) is 0 Å². The molecule has 0 saturated heterocycles. The standard InChI is InChI=1S/C18H21ClN2O2/c1-13-4-3-5-15(10-13)12-21-18(22)20-8-9-23-17-7-6-16(19)11-14(17)2/h3-7,10-11H,8-9,12H2,1-2H3,(H2,20,21,22). The summed E-state index contributed by atoms with van der Waals surface area (Å²) in [7, 11) is 0. The number of rotatable bonds is 6. The van der Waals surface area contributed by atoms with E-state index in [1.807, 2.05) is 50.2 Å². The Morgan fingerprint density at radius 1 is 1.13 bits per heavy atom. The summed E-state index contributed by atoms with van der Waals surface area (Å²) >= 11 is 5.89. The average Bonchev–Trinajstić information content (AvgIpc) is 2.51. The van der Waals surface area contributed by atoms with Gasteiger partial charge in [0.2, 0.25) is 0 Å². The average molecular weight is 333 g/mol. The SMILES string of the molecule is Cc1cccc(CNC(=O)NCCOc2ccc(Cl)cc2C)c1. The van der Waals surface area contributed by atoms with Crippen LogP contribution in [0.1, 0.15) is 16.7 Å². The van der Waals surface area contributed by atoms with Gasteiger partial charge in [-0.2, -0.15) is 0 Å². The topological polar surface area (TPSA) is 50.4 Å². The van der Waals surface area contributed by atoms with Crippen LogP contribution in [0.5, 0.6) is 5.75 Å². The van der Waals surface area contributed by atoms with E-state index in [1.54, 1.807) is 6.07 Å². The maximum absolute atomic E-state index is 11.7. The third kappa shape index (κ3) is 5.83. The number of carbonyl (C=O) groups is 1. The van der Waals surface area contributed by atoms with Crippen molar-refractivity contribution in [3.63, 3.8) is 0 Å². The van der Waals surface area contributed by atoms with Crippen molar-refractivity contribution in [3.05, 3.63) is 64.2 Å². The van der Waals surface area contributed by atoms with Crippen LogP contribution in [0.2, 0.25) is 5.02 Å². The molecule has 2 aromatic carbocycles. The quantitative estimate of drug-likeness (QED) is 0.790. The van der Waals surface area contributed by atoms with Crippen LogP contribution in [0.3, 0.4) is 0 Å². The van der Waals surface area contributed by atoms with E-state index in [1.165, 1.54) is 5.56 Å². The van der Waals surface area contributed by atoms with E-state index in [2.05, 4.69) is 10.6 Å². The van der Waals surface area contributed by atoms with Gasteiger partial charge in [-0.25, -0.2) is 4.79 Å². The number of hydrogen-bond acceptors (Lipinski definition) is 2. The fourth-order valence-corrected chi connectivity index (χ4v) is 2.39. The molecule has 0 atom stereocenters. The molecule has 0 aromatic heterocycles. The lowest BCUT2D eigenvalue weighted by molar-refractivity contribution is 0.236. The van der Waals surface area contributed by atoms with E-state index >= 15 is 0 Å². The van der Waals surface area contributed by atoms with Crippen molar-refractivity contribution in [2.24, 2.45) is 0 Å². The summed E-state index contributed by atoms with van der Waals surface area (Å²) in [6.07, 6.45) is 0. The number of urea groups is 1. The third-order valence-corrected chi connectivity index (χ3v) is 3.55. The predicted molar refractivity (Wildman–Crippen MR) is 93.1 cm³/mol. The number of carbonyl (C=O) groups excluding carboxylic acids is 1. The maximum atomic E-state index is 11.7. The summed E-state index contributed by atoms with van der Waals surface area (Å²) in [5.74, 6) is 0.774. The normalized spacial score (nSPS) is 10.2. The molecule has 122 valence electrons. The van der Waals surface area contributed by atoms with Crippen LogP contribution in [-0.4, -0.2) is 19.2 Å². The first kappa shape index (κ1) is 17.2. The van der Waals surface area contributed by atoms with Crippen LogP contribution in [0.25, 0.3) is 0 Å². The molecule has 4 nitrogen and oxygen atoms in total. The van der Waals surface area contributed by atoms with Gasteiger partial charge in [0, 0.05) is 11.6 Å².